The van der Waals surface area contributed by atoms with Crippen LogP contribution in [-0.4, -0.2) is 7.98 Å². The lowest BCUT2D eigenvalue weighted by Gasteiger charge is -2.36. The van der Waals surface area contributed by atoms with E-state index in [-0.39, 0.29) is 4.87 Å². The van der Waals surface area contributed by atoms with Gasteiger partial charge in [0.1, 0.15) is 4.87 Å². The van der Waals surface area contributed by atoms with E-state index in [0.29, 0.717) is 0 Å². The van der Waals surface area contributed by atoms with Crippen LogP contribution in [0.15, 0.2) is 47.4 Å². The molecule has 0 aliphatic carbocycles. The lowest BCUT2D eigenvalue weighted by atomic mass is 9.96. The normalized spacial score (nSPS) is 21.5. The first-order valence-electron chi connectivity index (χ1n) is 6.43. The zero-order valence-corrected chi connectivity index (χ0v) is 12.3. The van der Waals surface area contributed by atoms with Gasteiger partial charge in [-0.1, -0.05) is 47.7 Å². The van der Waals surface area contributed by atoms with Gasteiger partial charge in [-0.15, -0.1) is 0 Å². The molecule has 0 N–H and O–H groups in total. The fraction of sp³-hybridized carbons (Fsp3) is 0.250. The molecule has 0 saturated heterocycles. The molecule has 0 bridgehead atoms. The average molecular weight is 265 g/mol. The lowest BCUT2D eigenvalue weighted by Crippen LogP contribution is -2.36. The van der Waals surface area contributed by atoms with E-state index in [4.69, 9.17) is 7.98 Å². The first-order valence-corrected chi connectivity index (χ1v) is 7.25. The second-order valence-electron chi connectivity index (χ2n) is 5.24. The highest BCUT2D eigenvalue weighted by atomic mass is 32.2. The van der Waals surface area contributed by atoms with Crippen molar-refractivity contribution in [1.82, 2.24) is 0 Å². The van der Waals surface area contributed by atoms with Gasteiger partial charge in [-0.05, 0) is 44.0 Å². The summed E-state index contributed by atoms with van der Waals surface area (Å²) in [5.74, 6) is 0. The van der Waals surface area contributed by atoms with Crippen molar-refractivity contribution in [1.29, 1.82) is 0 Å². The second kappa shape index (κ2) is 4.34. The number of hydrogen-bond donors (Lipinski definition) is 0. The van der Waals surface area contributed by atoms with Crippen LogP contribution >= 0.6 is 11.8 Å². The quantitative estimate of drug-likeness (QED) is 0.712. The number of para-hydroxylation sites is 1. The number of fused-ring (bicyclic) bond motifs is 1. The van der Waals surface area contributed by atoms with Gasteiger partial charge >= 0.3 is 0 Å². The van der Waals surface area contributed by atoms with Gasteiger partial charge in [-0.25, -0.2) is 0 Å². The van der Waals surface area contributed by atoms with Crippen molar-refractivity contribution < 1.29 is 0 Å². The lowest BCUT2D eigenvalue weighted by molar-refractivity contribution is 0.743. The highest BCUT2D eigenvalue weighted by Gasteiger charge is 2.40. The van der Waals surface area contributed by atoms with E-state index in [1.165, 1.54) is 21.6 Å². The highest BCUT2D eigenvalue weighted by Crippen LogP contribution is 2.54. The minimum atomic E-state index is -0.236. The maximum absolute atomic E-state index is 6.39. The molecule has 3 heteroatoms. The Labute approximate surface area is 120 Å². The molecule has 1 aliphatic heterocycles. The highest BCUT2D eigenvalue weighted by molar-refractivity contribution is 8.01. The van der Waals surface area contributed by atoms with E-state index in [0.717, 1.165) is 5.69 Å². The van der Waals surface area contributed by atoms with E-state index < -0.39 is 0 Å². The van der Waals surface area contributed by atoms with Crippen LogP contribution in [-0.2, 0) is 4.87 Å². The first kappa shape index (κ1) is 12.7. The summed E-state index contributed by atoms with van der Waals surface area (Å²) in [6.07, 6.45) is 0. The van der Waals surface area contributed by atoms with Gasteiger partial charge in [0.25, 0.3) is 0 Å². The number of anilines is 1. The molecule has 1 atom stereocenters. The van der Waals surface area contributed by atoms with Gasteiger partial charge in [0, 0.05) is 10.6 Å². The Bertz CT molecular complexity index is 640. The molecule has 2 aromatic rings. The number of nitrogens with zero attached hydrogens (tertiary/aromatic N) is 1. The van der Waals surface area contributed by atoms with Crippen molar-refractivity contribution in [3.8, 4) is 0 Å². The van der Waals surface area contributed by atoms with Crippen molar-refractivity contribution in [2.45, 2.75) is 30.5 Å². The van der Waals surface area contributed by atoms with Gasteiger partial charge in [0.2, 0.25) is 7.98 Å². The number of rotatable bonds is 1. The predicted octanol–water partition coefficient (Wildman–Crippen LogP) is 4.17. The summed E-state index contributed by atoms with van der Waals surface area (Å²) in [5.41, 5.74) is 4.95. The minimum absolute atomic E-state index is 0.236. The summed E-state index contributed by atoms with van der Waals surface area (Å²) in [4.78, 5) is 2.91. The van der Waals surface area contributed by atoms with Gasteiger partial charge < -0.3 is 4.81 Å². The van der Waals surface area contributed by atoms with Crippen molar-refractivity contribution in [2.24, 2.45) is 0 Å². The molecular formula is C16H16BNS. The third kappa shape index (κ3) is 1.88. The van der Waals surface area contributed by atoms with Crippen LogP contribution < -0.4 is 4.81 Å². The molecule has 94 valence electrons. The topological polar surface area (TPSA) is 3.24 Å². The average Bonchev–Trinajstić information content (AvgIpc) is 2.66. The van der Waals surface area contributed by atoms with Crippen LogP contribution in [0, 0.1) is 13.8 Å². The third-order valence-electron chi connectivity index (χ3n) is 3.79. The maximum Gasteiger partial charge on any atom is 0.228 e. The zero-order valence-electron chi connectivity index (χ0n) is 11.5. The Hall–Kier alpha value is -1.35. The Morgan fingerprint density at radius 3 is 2.58 bits per heavy atom. The summed E-state index contributed by atoms with van der Waals surface area (Å²) in [6, 6.07) is 14.9. The van der Waals surface area contributed by atoms with E-state index in [1.807, 2.05) is 22.6 Å². The molecule has 0 saturated carbocycles. The summed E-state index contributed by atoms with van der Waals surface area (Å²) < 4.78 is 0. The van der Waals surface area contributed by atoms with Crippen molar-refractivity contribution >= 4 is 25.4 Å². The van der Waals surface area contributed by atoms with Crippen LogP contribution in [0.5, 0.6) is 0 Å². The minimum Gasteiger partial charge on any atom is -0.407 e. The van der Waals surface area contributed by atoms with E-state index in [1.54, 1.807) is 0 Å². The van der Waals surface area contributed by atoms with Crippen molar-refractivity contribution in [3.05, 3.63) is 59.2 Å². The molecule has 1 nitrogen and oxygen atoms in total. The van der Waals surface area contributed by atoms with Gasteiger partial charge in [0.15, 0.2) is 0 Å². The monoisotopic (exact) mass is 265 g/mol. The largest absolute Gasteiger partial charge is 0.407 e. The fourth-order valence-corrected chi connectivity index (χ4v) is 4.03. The molecule has 2 radical (unpaired) electrons. The number of aryl methyl sites for hydroxylation is 2. The number of thioether (sulfide) groups is 1. The molecule has 1 unspecified atom stereocenters. The van der Waals surface area contributed by atoms with Crippen LogP contribution in [0.2, 0.25) is 0 Å². The molecule has 1 heterocycles. The molecule has 0 aromatic heterocycles. The SMILES string of the molecule is [B]N1c2ccccc2SC1(C)c1cc(C)ccc1C. The summed E-state index contributed by atoms with van der Waals surface area (Å²) in [6.45, 7) is 6.47. The zero-order chi connectivity index (χ0) is 13.6. The van der Waals surface area contributed by atoms with Gasteiger partial charge in [-0.3, -0.25) is 0 Å². The second-order valence-corrected chi connectivity index (χ2v) is 6.68. The molecule has 1 aliphatic rings. The fourth-order valence-electron chi connectivity index (χ4n) is 2.66. The molecule has 0 fully saturated rings. The van der Waals surface area contributed by atoms with Crippen LogP contribution in [0.4, 0.5) is 5.69 Å². The van der Waals surface area contributed by atoms with Crippen LogP contribution in [0.25, 0.3) is 0 Å². The molecule has 0 amide bonds. The van der Waals surface area contributed by atoms with E-state index >= 15 is 0 Å². The smallest absolute Gasteiger partial charge is 0.228 e. The number of benzene rings is 2. The van der Waals surface area contributed by atoms with Crippen LogP contribution in [0.1, 0.15) is 23.6 Å². The predicted molar refractivity (Wildman–Crippen MR) is 83.8 cm³/mol. The Kier molecular flexibility index (Phi) is 2.90. The standard InChI is InChI=1S/C16H16BNS/c1-11-8-9-12(2)13(10-11)16(3)18(17)14-6-4-5-7-15(14)19-16/h4-10H,1-3H3. The van der Waals surface area contributed by atoms with Crippen molar-refractivity contribution in [3.63, 3.8) is 0 Å². The molecular weight excluding hydrogens is 249 g/mol. The molecule has 3 rings (SSSR count). The summed E-state index contributed by atoms with van der Waals surface area (Å²) in [5, 5.41) is 0. The van der Waals surface area contributed by atoms with E-state index in [2.05, 4.69) is 57.2 Å². The summed E-state index contributed by atoms with van der Waals surface area (Å²) >= 11 is 1.82. The van der Waals surface area contributed by atoms with E-state index in [9.17, 15) is 0 Å². The Morgan fingerprint density at radius 1 is 1.11 bits per heavy atom. The third-order valence-corrected chi connectivity index (χ3v) is 5.17. The molecule has 2 aromatic carbocycles. The maximum atomic E-state index is 6.39. The van der Waals surface area contributed by atoms with Crippen molar-refractivity contribution in [2.75, 3.05) is 4.81 Å². The first-order chi connectivity index (χ1) is 9.02. The molecule has 0 spiro atoms. The Balaban J connectivity index is 2.14. The van der Waals surface area contributed by atoms with Gasteiger partial charge in [-0.2, -0.15) is 0 Å². The molecule has 19 heavy (non-hydrogen) atoms. The van der Waals surface area contributed by atoms with Gasteiger partial charge in [0.05, 0.1) is 0 Å². The summed E-state index contributed by atoms with van der Waals surface area (Å²) in [7, 11) is 6.39. The number of hydrogen-bond acceptors (Lipinski definition) is 2. The Morgan fingerprint density at radius 2 is 1.84 bits per heavy atom. The van der Waals surface area contributed by atoms with Crippen LogP contribution in [0.3, 0.4) is 0 Å².